The highest BCUT2D eigenvalue weighted by Crippen LogP contribution is 2.42. The first kappa shape index (κ1) is 24.0. The Morgan fingerprint density at radius 1 is 1.05 bits per heavy atom. The third kappa shape index (κ3) is 4.35. The lowest BCUT2D eigenvalue weighted by Gasteiger charge is -2.27. The fourth-order valence-corrected chi connectivity index (χ4v) is 5.60. The summed E-state index contributed by atoms with van der Waals surface area (Å²) in [7, 11) is 0. The highest BCUT2D eigenvalue weighted by molar-refractivity contribution is 7.80. The maximum absolute atomic E-state index is 13.1. The molecule has 2 aromatic carbocycles. The molecule has 192 valence electrons. The Hall–Kier alpha value is -4.37. The van der Waals surface area contributed by atoms with E-state index < -0.39 is 0 Å². The van der Waals surface area contributed by atoms with Crippen molar-refractivity contribution < 1.29 is 14.3 Å². The number of hydrogen-bond donors (Lipinski definition) is 2. The molecule has 4 heterocycles. The van der Waals surface area contributed by atoms with Crippen LogP contribution < -0.4 is 20.1 Å². The van der Waals surface area contributed by atoms with Gasteiger partial charge in [-0.25, -0.2) is 0 Å². The largest absolute Gasteiger partial charge is 0.454 e. The lowest BCUT2D eigenvalue weighted by Crippen LogP contribution is -2.37. The molecule has 4 aromatic rings. The number of nitrogens with one attached hydrogen (secondary N) is 2. The second kappa shape index (κ2) is 9.83. The lowest BCUT2D eigenvalue weighted by molar-refractivity contribution is -0.116. The van der Waals surface area contributed by atoms with Crippen LogP contribution in [0, 0.1) is 13.8 Å². The highest BCUT2D eigenvalue weighted by Gasteiger charge is 2.42. The number of benzene rings is 2. The second-order valence-corrected chi connectivity index (χ2v) is 9.75. The Morgan fingerprint density at radius 3 is 2.63 bits per heavy atom. The van der Waals surface area contributed by atoms with Crippen molar-refractivity contribution in [3.05, 3.63) is 102 Å². The van der Waals surface area contributed by atoms with Crippen molar-refractivity contribution in [2.24, 2.45) is 0 Å². The maximum atomic E-state index is 13.1. The van der Waals surface area contributed by atoms with Crippen LogP contribution in [0.15, 0.2) is 79.0 Å². The number of amides is 1. The predicted octanol–water partition coefficient (Wildman–Crippen LogP) is 4.83. The molecule has 9 heteroatoms. The molecule has 0 radical (unpaired) electrons. The Balaban J connectivity index is 1.38. The van der Waals surface area contributed by atoms with Crippen LogP contribution in [0.1, 0.15) is 34.7 Å². The Morgan fingerprint density at radius 2 is 1.84 bits per heavy atom. The Labute approximate surface area is 226 Å². The van der Waals surface area contributed by atoms with E-state index in [0.29, 0.717) is 5.11 Å². The van der Waals surface area contributed by atoms with Gasteiger partial charge in [0, 0.05) is 35.0 Å². The minimum atomic E-state index is -0.243. The van der Waals surface area contributed by atoms with E-state index in [1.165, 1.54) is 0 Å². The number of nitrogens with zero attached hydrogens (tertiary/aromatic N) is 3. The van der Waals surface area contributed by atoms with Gasteiger partial charge in [0.2, 0.25) is 12.7 Å². The lowest BCUT2D eigenvalue weighted by atomic mass is 9.96. The summed E-state index contributed by atoms with van der Waals surface area (Å²) in [6, 6.07) is 22.9. The molecule has 0 spiro atoms. The first-order valence-corrected chi connectivity index (χ1v) is 12.8. The van der Waals surface area contributed by atoms with Gasteiger partial charge in [0.25, 0.3) is 0 Å². The van der Waals surface area contributed by atoms with E-state index in [2.05, 4.69) is 40.1 Å². The minimum absolute atomic E-state index is 0.0996. The minimum Gasteiger partial charge on any atom is -0.454 e. The monoisotopic (exact) mass is 525 g/mol. The number of anilines is 1. The highest BCUT2D eigenvalue weighted by atomic mass is 32.1. The van der Waals surface area contributed by atoms with Gasteiger partial charge in [-0.2, -0.15) is 0 Å². The third-order valence-electron chi connectivity index (χ3n) is 6.97. The van der Waals surface area contributed by atoms with Crippen LogP contribution in [0.3, 0.4) is 0 Å². The summed E-state index contributed by atoms with van der Waals surface area (Å²) >= 11 is 5.78. The summed E-state index contributed by atoms with van der Waals surface area (Å²) in [4.78, 5) is 19.7. The molecule has 1 amide bonds. The molecule has 2 N–H and O–H groups in total. The average molecular weight is 526 g/mol. The topological polar surface area (TPSA) is 80.7 Å². The fraction of sp³-hybridized carbons (Fsp3) is 0.207. The van der Waals surface area contributed by atoms with Crippen molar-refractivity contribution >= 4 is 28.9 Å². The molecule has 2 aliphatic heterocycles. The first-order chi connectivity index (χ1) is 18.5. The van der Waals surface area contributed by atoms with Gasteiger partial charge in [-0.15, -0.1) is 0 Å². The summed E-state index contributed by atoms with van der Waals surface area (Å²) in [5.41, 5.74) is 5.76. The van der Waals surface area contributed by atoms with Crippen LogP contribution in [-0.2, 0) is 4.79 Å². The number of hydrogen-bond acceptors (Lipinski definition) is 5. The van der Waals surface area contributed by atoms with Crippen LogP contribution in [0.5, 0.6) is 11.5 Å². The molecule has 2 aromatic heterocycles. The molecule has 2 aliphatic rings. The Bertz CT molecular complexity index is 1510. The molecule has 0 unspecified atom stereocenters. The normalized spacial score (nSPS) is 17.9. The predicted molar refractivity (Wildman–Crippen MR) is 149 cm³/mol. The number of aromatic nitrogens is 2. The smallest absolute Gasteiger partial charge is 0.244 e. The van der Waals surface area contributed by atoms with E-state index in [1.54, 1.807) is 6.20 Å². The van der Waals surface area contributed by atoms with Gasteiger partial charge in [-0.1, -0.05) is 24.3 Å². The molecule has 38 heavy (non-hydrogen) atoms. The van der Waals surface area contributed by atoms with E-state index in [4.69, 9.17) is 21.7 Å². The van der Waals surface area contributed by atoms with Crippen molar-refractivity contribution in [1.82, 2.24) is 19.8 Å². The van der Waals surface area contributed by atoms with E-state index >= 15 is 0 Å². The number of aryl methyl sites for hydroxylation is 1. The maximum Gasteiger partial charge on any atom is 0.244 e. The van der Waals surface area contributed by atoms with Gasteiger partial charge in [-0.05, 0) is 74.1 Å². The third-order valence-corrected chi connectivity index (χ3v) is 7.32. The van der Waals surface area contributed by atoms with Crippen LogP contribution in [0.2, 0.25) is 0 Å². The Kier molecular flexibility index (Phi) is 6.21. The zero-order chi connectivity index (χ0) is 26.2. The summed E-state index contributed by atoms with van der Waals surface area (Å²) in [6.45, 7) is 4.49. The number of pyridine rings is 1. The van der Waals surface area contributed by atoms with Crippen LogP contribution >= 0.6 is 12.2 Å². The van der Waals surface area contributed by atoms with Crippen molar-refractivity contribution in [2.75, 3.05) is 18.7 Å². The molecule has 6 rings (SSSR count). The number of carbonyl (C=O) groups is 1. The van der Waals surface area contributed by atoms with Crippen LogP contribution in [-0.4, -0.2) is 38.8 Å². The fourth-order valence-electron chi connectivity index (χ4n) is 5.30. The van der Waals surface area contributed by atoms with Crippen molar-refractivity contribution in [2.45, 2.75) is 25.9 Å². The molecular weight excluding hydrogens is 498 g/mol. The summed E-state index contributed by atoms with van der Waals surface area (Å²) < 4.78 is 13.3. The standard InChI is InChI=1S/C29H27N5O3S/c1-18-14-22(19(2)34(18)21-11-12-24-25(15-21)37-17-36-24)28-27(23-10-6-7-13-30-23)32-29(38)33(28)16-26(35)31-20-8-4-3-5-9-20/h3-15,27-28H,16-17H2,1-2H3,(H,31,35)(H,32,38)/t27-,28+/m1/s1. The van der Waals surface area contributed by atoms with Gasteiger partial charge < -0.3 is 29.6 Å². The van der Waals surface area contributed by atoms with Gasteiger partial charge in [-0.3, -0.25) is 9.78 Å². The zero-order valence-electron chi connectivity index (χ0n) is 21.0. The summed E-state index contributed by atoms with van der Waals surface area (Å²) in [6.07, 6.45) is 1.78. The number of rotatable bonds is 6. The first-order valence-electron chi connectivity index (χ1n) is 12.4. The van der Waals surface area contributed by atoms with E-state index in [9.17, 15) is 4.79 Å². The zero-order valence-corrected chi connectivity index (χ0v) is 21.9. The number of thiocarbonyl (C=S) groups is 1. The molecule has 1 fully saturated rings. The van der Waals surface area contributed by atoms with Crippen molar-refractivity contribution in [1.29, 1.82) is 0 Å². The van der Waals surface area contributed by atoms with Crippen LogP contribution in [0.4, 0.5) is 5.69 Å². The van der Waals surface area contributed by atoms with E-state index in [-0.39, 0.29) is 31.3 Å². The summed E-state index contributed by atoms with van der Waals surface area (Å²) in [5, 5.41) is 6.93. The molecule has 0 aliphatic carbocycles. The number of carbonyl (C=O) groups excluding carboxylic acids is 1. The quantitative estimate of drug-likeness (QED) is 0.349. The van der Waals surface area contributed by atoms with Gasteiger partial charge in [0.15, 0.2) is 16.6 Å². The molecule has 0 saturated carbocycles. The summed E-state index contributed by atoms with van der Waals surface area (Å²) in [5.74, 6) is 1.33. The molecule has 2 atom stereocenters. The van der Waals surface area contributed by atoms with Crippen LogP contribution in [0.25, 0.3) is 5.69 Å². The van der Waals surface area contributed by atoms with Gasteiger partial charge in [0.1, 0.15) is 6.54 Å². The second-order valence-electron chi connectivity index (χ2n) is 9.37. The van der Waals surface area contributed by atoms with Crippen molar-refractivity contribution in [3.63, 3.8) is 0 Å². The number of para-hydroxylation sites is 1. The number of fused-ring (bicyclic) bond motifs is 1. The van der Waals surface area contributed by atoms with Crippen molar-refractivity contribution in [3.8, 4) is 17.2 Å². The molecular formula is C29H27N5O3S. The molecule has 0 bridgehead atoms. The average Bonchev–Trinajstić information content (AvgIpc) is 3.60. The van der Waals surface area contributed by atoms with E-state index in [1.807, 2.05) is 71.6 Å². The van der Waals surface area contributed by atoms with Gasteiger partial charge >= 0.3 is 0 Å². The number of ether oxygens (including phenoxy) is 2. The molecule has 1 saturated heterocycles. The SMILES string of the molecule is Cc1cc([C@H]2[C@@H](c3ccccn3)NC(=S)N2CC(=O)Nc2ccccc2)c(C)n1-c1ccc2c(c1)OCO2. The van der Waals surface area contributed by atoms with Gasteiger partial charge in [0.05, 0.1) is 17.8 Å². The molecule has 8 nitrogen and oxygen atoms in total. The van der Waals surface area contributed by atoms with E-state index in [0.717, 1.165) is 45.5 Å².